The number of aliphatic carboxylic acids is 1. The number of fused-ring (bicyclic) bond motifs is 3. The smallest absolute Gasteiger partial charge is 0.224 e. The van der Waals surface area contributed by atoms with Crippen LogP contribution in [0.4, 0.5) is 0 Å². The van der Waals surface area contributed by atoms with Gasteiger partial charge in [-0.2, -0.15) is 0 Å². The van der Waals surface area contributed by atoms with Crippen LogP contribution in [-0.4, -0.2) is 51.3 Å². The molecule has 4 aliphatic rings. The summed E-state index contributed by atoms with van der Waals surface area (Å²) in [7, 11) is 0. The van der Waals surface area contributed by atoms with Crippen LogP contribution in [0.15, 0.2) is 0 Å². The Morgan fingerprint density at radius 3 is 2.26 bits per heavy atom. The second-order valence-electron chi connectivity index (χ2n) is 7.30. The van der Waals surface area contributed by atoms with Gasteiger partial charge < -0.3 is 24.9 Å². The van der Waals surface area contributed by atoms with E-state index in [1.54, 1.807) is 0 Å². The molecule has 1 saturated heterocycles. The lowest BCUT2D eigenvalue weighted by Gasteiger charge is -2.48. The van der Waals surface area contributed by atoms with Crippen LogP contribution >= 0.6 is 0 Å². The molecule has 0 aromatic heterocycles. The second kappa shape index (κ2) is 7.62. The van der Waals surface area contributed by atoms with Gasteiger partial charge in [0.05, 0.1) is 19.8 Å². The Bertz CT molecular complexity index is 428. The number of carbonyl (C=O) groups excluding carboxylic acids is 2. The zero-order valence-electron chi connectivity index (χ0n) is 13.7. The quantitative estimate of drug-likeness (QED) is 0.566. The number of amides is 1. The van der Waals surface area contributed by atoms with Crippen LogP contribution in [0.5, 0.6) is 0 Å². The van der Waals surface area contributed by atoms with Crippen molar-refractivity contribution in [2.75, 3.05) is 39.4 Å². The molecule has 2 atom stereocenters. The van der Waals surface area contributed by atoms with Crippen LogP contribution in [-0.2, 0) is 14.3 Å². The molecular formula is C17H28N2O4. The van der Waals surface area contributed by atoms with E-state index in [1.807, 2.05) is 0 Å². The van der Waals surface area contributed by atoms with Crippen molar-refractivity contribution in [2.45, 2.75) is 32.1 Å². The third kappa shape index (κ3) is 3.86. The normalized spacial score (nSPS) is 34.3. The standard InChI is InChI=1S/C17H28N2O4/c20-16(18-6-1-7-19-8-10-23-11-9-19)14-12-2-4-13(5-3-12)15(14)17(21)22/h12-15H,1-11H2,(H,18,20)(H,21,22)/t12?,13?,14-,15+/m0/s1. The maximum absolute atomic E-state index is 12.5. The highest BCUT2D eigenvalue weighted by Gasteiger charge is 2.47. The average molecular weight is 324 g/mol. The van der Waals surface area contributed by atoms with Gasteiger partial charge in [-0.05, 0) is 37.5 Å². The number of hydrogen-bond acceptors (Lipinski definition) is 4. The molecular weight excluding hydrogens is 296 g/mol. The fraction of sp³-hybridized carbons (Fsp3) is 0.882. The van der Waals surface area contributed by atoms with E-state index in [1.165, 1.54) is 4.90 Å². The molecule has 3 saturated carbocycles. The Morgan fingerprint density at radius 1 is 1.04 bits per heavy atom. The molecule has 23 heavy (non-hydrogen) atoms. The molecule has 4 rings (SSSR count). The van der Waals surface area contributed by atoms with Gasteiger partial charge in [0.15, 0.2) is 0 Å². The zero-order valence-corrected chi connectivity index (χ0v) is 13.7. The molecule has 0 aromatic carbocycles. The highest BCUT2D eigenvalue weighted by atomic mass is 16.5. The number of rotatable bonds is 6. The van der Waals surface area contributed by atoms with E-state index < -0.39 is 11.9 Å². The van der Waals surface area contributed by atoms with Crippen molar-refractivity contribution in [3.8, 4) is 0 Å². The Labute approximate surface area is 137 Å². The van der Waals surface area contributed by atoms with Crippen LogP contribution in [0.25, 0.3) is 0 Å². The number of ether oxygens (including phenoxy) is 1. The van der Waals surface area contributed by atoms with E-state index in [-0.39, 0.29) is 23.7 Å². The lowest BCUT2D eigenvalue weighted by atomic mass is 9.58. The number of carbonyl (C=O) groups is 2. The maximum atomic E-state index is 12.5. The number of hydrogen-bond donors (Lipinski definition) is 2. The van der Waals surface area contributed by atoms with Crippen molar-refractivity contribution in [1.29, 1.82) is 0 Å². The first kappa shape index (κ1) is 16.7. The SMILES string of the molecule is O=C([O-])[C@@H]1C2CCC(CC2)[C@@H]1C(=O)NCCC[NH+]1CCOCC1. The van der Waals surface area contributed by atoms with Crippen molar-refractivity contribution in [3.63, 3.8) is 0 Å². The molecule has 130 valence electrons. The Morgan fingerprint density at radius 2 is 1.65 bits per heavy atom. The summed E-state index contributed by atoms with van der Waals surface area (Å²) in [5, 5.41) is 14.5. The van der Waals surface area contributed by atoms with E-state index in [2.05, 4.69) is 5.32 Å². The van der Waals surface area contributed by atoms with Gasteiger partial charge in [-0.15, -0.1) is 0 Å². The van der Waals surface area contributed by atoms with Crippen molar-refractivity contribution < 1.29 is 24.3 Å². The number of nitrogens with one attached hydrogen (secondary N) is 2. The minimum atomic E-state index is -1.03. The minimum Gasteiger partial charge on any atom is -0.550 e. The Kier molecular flexibility index (Phi) is 5.54. The highest BCUT2D eigenvalue weighted by Crippen LogP contribution is 2.48. The monoisotopic (exact) mass is 324 g/mol. The van der Waals surface area contributed by atoms with Gasteiger partial charge >= 0.3 is 0 Å². The van der Waals surface area contributed by atoms with Crippen LogP contribution in [0.2, 0.25) is 0 Å². The van der Waals surface area contributed by atoms with Crippen LogP contribution in [0.1, 0.15) is 32.1 Å². The molecule has 1 amide bonds. The maximum Gasteiger partial charge on any atom is 0.224 e. The summed E-state index contributed by atoms with van der Waals surface area (Å²) >= 11 is 0. The van der Waals surface area contributed by atoms with Crippen LogP contribution < -0.4 is 15.3 Å². The second-order valence-corrected chi connectivity index (χ2v) is 7.30. The number of quaternary nitrogens is 1. The van der Waals surface area contributed by atoms with E-state index in [9.17, 15) is 14.7 Å². The summed E-state index contributed by atoms with van der Waals surface area (Å²) in [4.78, 5) is 25.5. The van der Waals surface area contributed by atoms with Crippen molar-refractivity contribution in [2.24, 2.45) is 23.7 Å². The first-order chi connectivity index (χ1) is 11.2. The molecule has 2 bridgehead atoms. The van der Waals surface area contributed by atoms with Gasteiger partial charge in [-0.1, -0.05) is 0 Å². The summed E-state index contributed by atoms with van der Waals surface area (Å²) in [6.07, 6.45) is 4.79. The summed E-state index contributed by atoms with van der Waals surface area (Å²) in [5.74, 6) is -1.68. The highest BCUT2D eigenvalue weighted by molar-refractivity contribution is 5.85. The van der Waals surface area contributed by atoms with Crippen LogP contribution in [0, 0.1) is 23.7 Å². The number of morpholine rings is 1. The molecule has 0 radical (unpaired) electrons. The van der Waals surface area contributed by atoms with Gasteiger partial charge in [0, 0.05) is 30.8 Å². The molecule has 0 aromatic rings. The minimum absolute atomic E-state index is 0.0643. The van der Waals surface area contributed by atoms with Gasteiger partial charge in [-0.25, -0.2) is 0 Å². The Hall–Kier alpha value is -1.14. The summed E-state index contributed by atoms with van der Waals surface area (Å²) in [6.45, 7) is 5.38. The largest absolute Gasteiger partial charge is 0.550 e. The van der Waals surface area contributed by atoms with E-state index in [4.69, 9.17) is 4.74 Å². The van der Waals surface area contributed by atoms with E-state index in [0.717, 1.165) is 65.0 Å². The van der Waals surface area contributed by atoms with Gasteiger partial charge in [-0.3, -0.25) is 4.79 Å². The van der Waals surface area contributed by atoms with Crippen LogP contribution in [0.3, 0.4) is 0 Å². The molecule has 1 heterocycles. The molecule has 1 aliphatic heterocycles. The van der Waals surface area contributed by atoms with Crippen molar-refractivity contribution >= 4 is 11.9 Å². The Balaban J connectivity index is 1.46. The molecule has 0 spiro atoms. The number of carboxylic acids is 1. The first-order valence-electron chi connectivity index (χ1n) is 9.06. The van der Waals surface area contributed by atoms with Gasteiger partial charge in [0.1, 0.15) is 13.1 Å². The van der Waals surface area contributed by atoms with Gasteiger partial charge in [0.25, 0.3) is 0 Å². The first-order valence-corrected chi connectivity index (χ1v) is 9.06. The van der Waals surface area contributed by atoms with Gasteiger partial charge in [0.2, 0.25) is 5.91 Å². The lowest BCUT2D eigenvalue weighted by molar-refractivity contribution is -0.908. The summed E-state index contributed by atoms with van der Waals surface area (Å²) < 4.78 is 5.33. The fourth-order valence-electron chi connectivity index (χ4n) is 4.74. The third-order valence-electron chi connectivity index (χ3n) is 6.00. The number of carboxylic acid groups (broad SMARTS) is 1. The zero-order chi connectivity index (χ0) is 16.2. The topological polar surface area (TPSA) is 82.9 Å². The molecule has 0 unspecified atom stereocenters. The molecule has 2 N–H and O–H groups in total. The lowest BCUT2D eigenvalue weighted by Crippen LogP contribution is -3.14. The molecule has 6 heteroatoms. The molecule has 4 fully saturated rings. The molecule has 6 nitrogen and oxygen atoms in total. The predicted octanol–water partition coefficient (Wildman–Crippen LogP) is -1.79. The van der Waals surface area contributed by atoms with Crippen molar-refractivity contribution in [1.82, 2.24) is 5.32 Å². The molecule has 3 aliphatic carbocycles. The van der Waals surface area contributed by atoms with E-state index in [0.29, 0.717) is 6.54 Å². The predicted molar refractivity (Wildman–Crippen MR) is 81.4 cm³/mol. The average Bonchev–Trinajstić information content (AvgIpc) is 2.59. The summed E-state index contributed by atoms with van der Waals surface area (Å²) in [5.41, 5.74) is 0. The van der Waals surface area contributed by atoms with Crippen molar-refractivity contribution in [3.05, 3.63) is 0 Å². The summed E-state index contributed by atoms with van der Waals surface area (Å²) in [6, 6.07) is 0. The third-order valence-corrected chi connectivity index (χ3v) is 6.00. The van der Waals surface area contributed by atoms with E-state index >= 15 is 0 Å². The fourth-order valence-corrected chi connectivity index (χ4v) is 4.74.